The Hall–Kier alpha value is -5.12. The summed E-state index contributed by atoms with van der Waals surface area (Å²) in [5, 5.41) is 0. The lowest BCUT2D eigenvalue weighted by molar-refractivity contribution is -0.135. The van der Waals surface area contributed by atoms with Crippen molar-refractivity contribution in [3.8, 4) is 0 Å². The highest BCUT2D eigenvalue weighted by Gasteiger charge is 2.73. The van der Waals surface area contributed by atoms with Crippen LogP contribution in [0.4, 0.5) is 25.4 Å². The molecule has 0 saturated heterocycles. The minimum atomic E-state index is -2.04. The maximum Gasteiger partial charge on any atom is 0.421 e. The van der Waals surface area contributed by atoms with Gasteiger partial charge in [-0.1, -0.05) is 54.6 Å². The molecule has 47 heavy (non-hydrogen) atoms. The number of hydrogen-bond donors (Lipinski definition) is 0. The number of halogens is 1. The van der Waals surface area contributed by atoms with Crippen molar-refractivity contribution in [2.24, 2.45) is 0 Å². The maximum absolute atomic E-state index is 15.3. The van der Waals surface area contributed by atoms with Crippen LogP contribution in [0.25, 0.3) is 0 Å². The number of imide groups is 2. The molecule has 242 valence electrons. The Kier molecular flexibility index (Phi) is 7.26. The molecule has 0 N–H and O–H groups in total. The number of fused-ring (bicyclic) bond motifs is 5. The zero-order valence-corrected chi connectivity index (χ0v) is 27.0. The fourth-order valence-electron chi connectivity index (χ4n) is 6.98. The topological polar surface area (TPSA) is 110 Å². The summed E-state index contributed by atoms with van der Waals surface area (Å²) >= 11 is 0. The molecular formula is C37H35FN2O7. The molecule has 4 amide bonds. The highest BCUT2D eigenvalue weighted by molar-refractivity contribution is 6.29. The molecule has 0 radical (unpaired) electrons. The second kappa shape index (κ2) is 10.7. The summed E-state index contributed by atoms with van der Waals surface area (Å²) in [5.41, 5.74) is -4.76. The Morgan fingerprint density at radius 3 is 1.83 bits per heavy atom. The van der Waals surface area contributed by atoms with Gasteiger partial charge in [0.15, 0.2) is 5.78 Å². The predicted molar refractivity (Wildman–Crippen MR) is 172 cm³/mol. The number of carbonyl (C=O) groups excluding carboxylic acids is 5. The number of para-hydroxylation sites is 1. The summed E-state index contributed by atoms with van der Waals surface area (Å²) in [6, 6.07) is 18.5. The Morgan fingerprint density at radius 2 is 1.23 bits per heavy atom. The number of nitrogens with zero attached hydrogens (tertiary/aromatic N) is 2. The van der Waals surface area contributed by atoms with Crippen molar-refractivity contribution in [1.29, 1.82) is 0 Å². The van der Waals surface area contributed by atoms with Crippen molar-refractivity contribution >= 4 is 41.2 Å². The van der Waals surface area contributed by atoms with Crippen LogP contribution in [0.3, 0.4) is 0 Å². The lowest BCUT2D eigenvalue weighted by Crippen LogP contribution is -2.62. The molecule has 0 bridgehead atoms. The van der Waals surface area contributed by atoms with E-state index in [0.29, 0.717) is 11.1 Å². The van der Waals surface area contributed by atoms with Gasteiger partial charge < -0.3 is 9.47 Å². The molecule has 2 spiro atoms. The van der Waals surface area contributed by atoms with E-state index in [-0.39, 0.29) is 41.1 Å². The van der Waals surface area contributed by atoms with Crippen LogP contribution in [0.1, 0.15) is 75.9 Å². The summed E-state index contributed by atoms with van der Waals surface area (Å²) in [5.74, 6) is -2.76. The molecule has 6 rings (SSSR count). The summed E-state index contributed by atoms with van der Waals surface area (Å²) in [6.45, 7) is 9.92. The Bertz CT molecular complexity index is 1890. The second-order valence-electron chi connectivity index (χ2n) is 14.0. The van der Waals surface area contributed by atoms with E-state index in [1.54, 1.807) is 102 Å². The monoisotopic (exact) mass is 638 g/mol. The van der Waals surface area contributed by atoms with E-state index in [1.165, 1.54) is 6.07 Å². The number of allylic oxidation sites excluding steroid dienone is 2. The summed E-state index contributed by atoms with van der Waals surface area (Å²) in [6.07, 6.45) is -0.935. The van der Waals surface area contributed by atoms with Crippen molar-refractivity contribution in [2.45, 2.75) is 76.4 Å². The SMILES string of the molecule is CC(C)(C)OC(=O)N1C(=O)[C@@]2(CC=C(C(=O)c3ccccc3)C[C@@]23C(=O)N(C(=O)OC(C)(C)C)c2ccc(F)cc23)c2ccccc21. The van der Waals surface area contributed by atoms with Crippen molar-refractivity contribution in [1.82, 2.24) is 0 Å². The van der Waals surface area contributed by atoms with Crippen molar-refractivity contribution < 1.29 is 37.8 Å². The fourth-order valence-corrected chi connectivity index (χ4v) is 6.98. The number of amides is 4. The molecular weight excluding hydrogens is 603 g/mol. The minimum absolute atomic E-state index is 0.0273. The van der Waals surface area contributed by atoms with Crippen LogP contribution in [0.5, 0.6) is 0 Å². The van der Waals surface area contributed by atoms with Crippen molar-refractivity contribution in [2.75, 3.05) is 9.80 Å². The first-order valence-electron chi connectivity index (χ1n) is 15.4. The molecule has 3 aliphatic rings. The summed E-state index contributed by atoms with van der Waals surface area (Å²) in [4.78, 5) is 73.4. The number of ketones is 1. The van der Waals surface area contributed by atoms with Crippen LogP contribution >= 0.6 is 0 Å². The van der Waals surface area contributed by atoms with Crippen molar-refractivity contribution in [3.63, 3.8) is 0 Å². The Balaban J connectivity index is 1.65. The average Bonchev–Trinajstić information content (AvgIpc) is 3.38. The lowest BCUT2D eigenvalue weighted by atomic mass is 9.51. The standard InChI is InChI=1S/C37H35FN2O7/c1-34(2,3)46-32(44)39-27-15-11-10-14-25(27)36(30(39)42)19-18-23(29(41)22-12-8-7-9-13-22)21-37(36)26-20-24(38)16-17-28(26)40(31(37)43)33(45)47-35(4,5)6/h7-18,20H,19,21H2,1-6H3/t36-,37-/m1/s1. The normalized spacial score (nSPS) is 21.9. The molecule has 0 saturated carbocycles. The highest BCUT2D eigenvalue weighted by Crippen LogP contribution is 2.64. The molecule has 2 atom stereocenters. The van der Waals surface area contributed by atoms with Gasteiger partial charge in [-0.2, -0.15) is 0 Å². The van der Waals surface area contributed by atoms with E-state index < -0.39 is 51.9 Å². The smallest absolute Gasteiger partial charge is 0.421 e. The quantitative estimate of drug-likeness (QED) is 0.274. The van der Waals surface area contributed by atoms with Gasteiger partial charge in [-0.15, -0.1) is 0 Å². The fraction of sp³-hybridized carbons (Fsp3) is 0.324. The minimum Gasteiger partial charge on any atom is -0.443 e. The first-order chi connectivity index (χ1) is 22.0. The van der Waals surface area contributed by atoms with Crippen LogP contribution in [0.2, 0.25) is 0 Å². The third-order valence-electron chi connectivity index (χ3n) is 8.72. The second-order valence-corrected chi connectivity index (χ2v) is 14.0. The largest absolute Gasteiger partial charge is 0.443 e. The number of benzene rings is 3. The van der Waals surface area contributed by atoms with Gasteiger partial charge in [-0.05, 0) is 95.3 Å². The number of ether oxygens (including phenoxy) is 2. The number of anilines is 2. The third-order valence-corrected chi connectivity index (χ3v) is 8.72. The molecule has 10 heteroatoms. The zero-order chi connectivity index (χ0) is 34.1. The third kappa shape index (κ3) is 4.85. The van der Waals surface area contributed by atoms with Crippen LogP contribution in [0, 0.1) is 5.82 Å². The van der Waals surface area contributed by atoms with E-state index >= 15 is 14.0 Å². The van der Waals surface area contributed by atoms with E-state index in [1.807, 2.05) is 0 Å². The highest BCUT2D eigenvalue weighted by atomic mass is 19.1. The van der Waals surface area contributed by atoms with Gasteiger partial charge in [-0.25, -0.2) is 23.8 Å². The first-order valence-corrected chi connectivity index (χ1v) is 15.4. The van der Waals surface area contributed by atoms with Crippen molar-refractivity contribution in [3.05, 3.63) is 107 Å². The van der Waals surface area contributed by atoms with Gasteiger partial charge in [0.25, 0.3) is 0 Å². The predicted octanol–water partition coefficient (Wildman–Crippen LogP) is 7.17. The molecule has 9 nitrogen and oxygen atoms in total. The first kappa shape index (κ1) is 31.8. The van der Waals surface area contributed by atoms with Gasteiger partial charge in [0.05, 0.1) is 16.8 Å². The van der Waals surface area contributed by atoms with Gasteiger partial charge in [0, 0.05) is 5.56 Å². The molecule has 3 aromatic carbocycles. The molecule has 2 heterocycles. The van der Waals surface area contributed by atoms with Crippen LogP contribution in [0.15, 0.2) is 84.4 Å². The van der Waals surface area contributed by atoms with E-state index in [0.717, 1.165) is 21.9 Å². The van der Waals surface area contributed by atoms with Gasteiger partial charge in [-0.3, -0.25) is 14.4 Å². The van der Waals surface area contributed by atoms with Crippen LogP contribution in [-0.2, 0) is 29.9 Å². The van der Waals surface area contributed by atoms with E-state index in [4.69, 9.17) is 9.47 Å². The summed E-state index contributed by atoms with van der Waals surface area (Å²) in [7, 11) is 0. The molecule has 0 unspecified atom stereocenters. The number of carbonyl (C=O) groups is 5. The van der Waals surface area contributed by atoms with E-state index in [9.17, 15) is 14.4 Å². The summed E-state index contributed by atoms with van der Waals surface area (Å²) < 4.78 is 26.6. The Labute approximate surface area is 271 Å². The van der Waals surface area contributed by atoms with E-state index in [2.05, 4.69) is 0 Å². The number of hydrogen-bond acceptors (Lipinski definition) is 7. The zero-order valence-electron chi connectivity index (χ0n) is 27.0. The number of Topliss-reactive ketones (excluding diaryl/α,β-unsaturated/α-hetero) is 1. The number of rotatable bonds is 2. The maximum atomic E-state index is 15.3. The molecule has 2 aliphatic heterocycles. The molecule has 1 aliphatic carbocycles. The van der Waals surface area contributed by atoms with Gasteiger partial charge in [0.2, 0.25) is 11.8 Å². The lowest BCUT2D eigenvalue weighted by Gasteiger charge is -2.46. The molecule has 0 fully saturated rings. The average molecular weight is 639 g/mol. The van der Waals surface area contributed by atoms with Gasteiger partial charge in [0.1, 0.15) is 22.4 Å². The van der Waals surface area contributed by atoms with Gasteiger partial charge >= 0.3 is 12.2 Å². The van der Waals surface area contributed by atoms with Crippen LogP contribution in [-0.4, -0.2) is 41.0 Å². The molecule has 3 aromatic rings. The van der Waals surface area contributed by atoms with Crippen LogP contribution < -0.4 is 9.80 Å². The molecule has 0 aromatic heterocycles. The Morgan fingerprint density at radius 1 is 0.702 bits per heavy atom.